The minimum absolute atomic E-state index is 0.0658. The molecule has 0 bridgehead atoms. The molecule has 0 aliphatic carbocycles. The third-order valence-electron chi connectivity index (χ3n) is 3.04. The zero-order valence-corrected chi connectivity index (χ0v) is 10.1. The first-order valence-electron chi connectivity index (χ1n) is 5.66. The van der Waals surface area contributed by atoms with Gasteiger partial charge in [0.05, 0.1) is 0 Å². The van der Waals surface area contributed by atoms with Gasteiger partial charge in [-0.3, -0.25) is 14.5 Å². The molecule has 1 saturated heterocycles. The van der Waals surface area contributed by atoms with E-state index in [2.05, 4.69) is 0 Å². The summed E-state index contributed by atoms with van der Waals surface area (Å²) in [6.45, 7) is 7.93. The van der Waals surface area contributed by atoms with E-state index in [9.17, 15) is 9.59 Å². The number of aliphatic carboxylic acids is 1. The molecule has 5 nitrogen and oxygen atoms in total. The topological polar surface area (TPSA) is 60.9 Å². The van der Waals surface area contributed by atoms with Crippen molar-refractivity contribution in [3.8, 4) is 0 Å². The number of amides is 1. The van der Waals surface area contributed by atoms with Gasteiger partial charge in [-0.1, -0.05) is 13.8 Å². The maximum Gasteiger partial charge on any atom is 0.321 e. The van der Waals surface area contributed by atoms with Gasteiger partial charge < -0.3 is 10.0 Å². The van der Waals surface area contributed by atoms with E-state index in [0.29, 0.717) is 26.2 Å². The van der Waals surface area contributed by atoms with Gasteiger partial charge in [0, 0.05) is 33.1 Å². The van der Waals surface area contributed by atoms with Crippen LogP contribution in [0.2, 0.25) is 0 Å². The van der Waals surface area contributed by atoms with Crippen LogP contribution in [-0.2, 0) is 9.59 Å². The van der Waals surface area contributed by atoms with Gasteiger partial charge in [-0.2, -0.15) is 0 Å². The van der Waals surface area contributed by atoms with Crippen LogP contribution in [0.3, 0.4) is 0 Å². The van der Waals surface area contributed by atoms with Gasteiger partial charge in [-0.15, -0.1) is 0 Å². The van der Waals surface area contributed by atoms with Gasteiger partial charge in [0.25, 0.3) is 0 Å². The molecule has 0 aromatic heterocycles. The number of carboxylic acids is 1. The van der Waals surface area contributed by atoms with Crippen LogP contribution >= 0.6 is 0 Å². The van der Waals surface area contributed by atoms with E-state index < -0.39 is 12.0 Å². The Hall–Kier alpha value is -1.10. The highest BCUT2D eigenvalue weighted by Gasteiger charge is 2.31. The highest BCUT2D eigenvalue weighted by atomic mass is 16.4. The van der Waals surface area contributed by atoms with Crippen molar-refractivity contribution in [3.63, 3.8) is 0 Å². The molecule has 1 aliphatic rings. The fourth-order valence-electron chi connectivity index (χ4n) is 2.18. The summed E-state index contributed by atoms with van der Waals surface area (Å²) in [5.41, 5.74) is 0. The lowest BCUT2D eigenvalue weighted by atomic mass is 10.0. The summed E-state index contributed by atoms with van der Waals surface area (Å²) in [7, 11) is 0. The van der Waals surface area contributed by atoms with Crippen molar-refractivity contribution >= 4 is 11.9 Å². The standard InChI is InChI=1S/C11H20N2O3/c1-8(2)10(11(15)16)13-6-4-12(5-7-13)9(3)14/h8,10H,4-7H2,1-3H3,(H,15,16). The van der Waals surface area contributed by atoms with Crippen LogP contribution < -0.4 is 0 Å². The van der Waals surface area contributed by atoms with Gasteiger partial charge in [0.1, 0.15) is 6.04 Å². The lowest BCUT2D eigenvalue weighted by molar-refractivity contribution is -0.146. The van der Waals surface area contributed by atoms with Crippen LogP contribution in [0, 0.1) is 5.92 Å². The number of rotatable bonds is 3. The molecule has 92 valence electrons. The summed E-state index contributed by atoms with van der Waals surface area (Å²) in [6, 6.07) is -0.436. The SMILES string of the molecule is CC(=O)N1CCN(C(C(=O)O)C(C)C)CC1. The smallest absolute Gasteiger partial charge is 0.321 e. The number of hydrogen-bond acceptors (Lipinski definition) is 3. The van der Waals surface area contributed by atoms with Gasteiger partial charge in [0.15, 0.2) is 0 Å². The molecule has 1 rings (SSSR count). The molecule has 1 unspecified atom stereocenters. The largest absolute Gasteiger partial charge is 0.480 e. The first-order valence-corrected chi connectivity index (χ1v) is 5.66. The van der Waals surface area contributed by atoms with Gasteiger partial charge in [0.2, 0.25) is 5.91 Å². The van der Waals surface area contributed by atoms with E-state index in [1.807, 2.05) is 18.7 Å². The minimum atomic E-state index is -0.772. The number of piperazine rings is 1. The zero-order chi connectivity index (χ0) is 12.3. The highest BCUT2D eigenvalue weighted by Crippen LogP contribution is 2.14. The monoisotopic (exact) mass is 228 g/mol. The molecule has 1 amide bonds. The van der Waals surface area contributed by atoms with Crippen molar-refractivity contribution in [1.82, 2.24) is 9.80 Å². The molecule has 0 aromatic rings. The van der Waals surface area contributed by atoms with Crippen LogP contribution in [-0.4, -0.2) is 59.0 Å². The van der Waals surface area contributed by atoms with E-state index in [4.69, 9.17) is 5.11 Å². The Morgan fingerprint density at radius 2 is 1.62 bits per heavy atom. The van der Waals surface area contributed by atoms with Crippen LogP contribution in [0.4, 0.5) is 0 Å². The van der Waals surface area contributed by atoms with Crippen molar-refractivity contribution in [2.45, 2.75) is 26.8 Å². The van der Waals surface area contributed by atoms with Crippen LogP contribution in [0.15, 0.2) is 0 Å². The lowest BCUT2D eigenvalue weighted by Crippen LogP contribution is -2.55. The predicted octanol–water partition coefficient (Wildman–Crippen LogP) is 0.260. The van der Waals surface area contributed by atoms with E-state index in [-0.39, 0.29) is 11.8 Å². The van der Waals surface area contributed by atoms with Gasteiger partial charge >= 0.3 is 5.97 Å². The molecule has 1 heterocycles. The number of nitrogens with zero attached hydrogens (tertiary/aromatic N) is 2. The van der Waals surface area contributed by atoms with Gasteiger partial charge in [-0.25, -0.2) is 0 Å². The van der Waals surface area contributed by atoms with Crippen LogP contribution in [0.25, 0.3) is 0 Å². The highest BCUT2D eigenvalue weighted by molar-refractivity contribution is 5.74. The van der Waals surface area contributed by atoms with E-state index >= 15 is 0 Å². The molecule has 5 heteroatoms. The molecule has 0 aromatic carbocycles. The van der Waals surface area contributed by atoms with Crippen molar-refractivity contribution in [2.24, 2.45) is 5.92 Å². The van der Waals surface area contributed by atoms with E-state index in [1.165, 1.54) is 0 Å². The number of carboxylic acid groups (broad SMARTS) is 1. The molecule has 0 saturated carbocycles. The average Bonchev–Trinajstić information content (AvgIpc) is 2.17. The Morgan fingerprint density at radius 3 is 1.94 bits per heavy atom. The Bertz CT molecular complexity index is 270. The fourth-order valence-corrected chi connectivity index (χ4v) is 2.18. The number of carbonyl (C=O) groups is 2. The molecule has 1 fully saturated rings. The Kier molecular flexibility index (Phi) is 4.29. The van der Waals surface area contributed by atoms with Crippen LogP contribution in [0.5, 0.6) is 0 Å². The fraction of sp³-hybridized carbons (Fsp3) is 0.818. The first-order chi connectivity index (χ1) is 7.43. The summed E-state index contributed by atoms with van der Waals surface area (Å²) in [6.07, 6.45) is 0. The molecular formula is C11H20N2O3. The molecule has 1 N–H and O–H groups in total. The van der Waals surface area contributed by atoms with E-state index in [0.717, 1.165) is 0 Å². The third-order valence-corrected chi connectivity index (χ3v) is 3.04. The van der Waals surface area contributed by atoms with Crippen molar-refractivity contribution in [3.05, 3.63) is 0 Å². The molecule has 16 heavy (non-hydrogen) atoms. The molecule has 0 radical (unpaired) electrons. The maximum atomic E-state index is 11.1. The molecule has 0 spiro atoms. The van der Waals surface area contributed by atoms with Crippen LogP contribution in [0.1, 0.15) is 20.8 Å². The minimum Gasteiger partial charge on any atom is -0.480 e. The Morgan fingerprint density at radius 1 is 1.12 bits per heavy atom. The summed E-state index contributed by atoms with van der Waals surface area (Å²) in [4.78, 5) is 26.0. The second-order valence-corrected chi connectivity index (χ2v) is 4.57. The summed E-state index contributed by atoms with van der Waals surface area (Å²) < 4.78 is 0. The molecule has 1 aliphatic heterocycles. The quantitative estimate of drug-likeness (QED) is 0.752. The van der Waals surface area contributed by atoms with Gasteiger partial charge in [-0.05, 0) is 5.92 Å². The molecular weight excluding hydrogens is 208 g/mol. The third kappa shape index (κ3) is 2.95. The summed E-state index contributed by atoms with van der Waals surface area (Å²) >= 11 is 0. The average molecular weight is 228 g/mol. The zero-order valence-electron chi connectivity index (χ0n) is 10.1. The normalized spacial score (nSPS) is 19.9. The van der Waals surface area contributed by atoms with Crippen molar-refractivity contribution in [2.75, 3.05) is 26.2 Å². The summed E-state index contributed by atoms with van der Waals surface area (Å²) in [5, 5.41) is 9.15. The van der Waals surface area contributed by atoms with Crippen molar-refractivity contribution in [1.29, 1.82) is 0 Å². The molecule has 1 atom stereocenters. The number of carbonyl (C=O) groups excluding carboxylic acids is 1. The second-order valence-electron chi connectivity index (χ2n) is 4.57. The number of hydrogen-bond donors (Lipinski definition) is 1. The summed E-state index contributed by atoms with van der Waals surface area (Å²) in [5.74, 6) is -0.622. The lowest BCUT2D eigenvalue weighted by Gasteiger charge is -2.38. The maximum absolute atomic E-state index is 11.1. The first kappa shape index (κ1) is 13.0. The Balaban J connectivity index is 2.57. The predicted molar refractivity (Wildman–Crippen MR) is 60.1 cm³/mol. The van der Waals surface area contributed by atoms with E-state index in [1.54, 1.807) is 11.8 Å². The van der Waals surface area contributed by atoms with Crippen molar-refractivity contribution < 1.29 is 14.7 Å². The Labute approximate surface area is 96.0 Å². The second kappa shape index (κ2) is 5.30.